The van der Waals surface area contributed by atoms with Crippen molar-refractivity contribution in [1.82, 2.24) is 4.98 Å². The van der Waals surface area contributed by atoms with Gasteiger partial charge < -0.3 is 9.84 Å². The normalized spacial score (nSPS) is 10.8. The highest BCUT2D eigenvalue weighted by molar-refractivity contribution is 6.31. The molecular formula is C19H16ClNO3. The molecule has 1 aromatic heterocycles. The molecule has 5 heteroatoms. The van der Waals surface area contributed by atoms with Crippen molar-refractivity contribution >= 4 is 28.5 Å². The summed E-state index contributed by atoms with van der Waals surface area (Å²) in [7, 11) is 1.61. The van der Waals surface area contributed by atoms with Gasteiger partial charge in [0.05, 0.1) is 23.9 Å². The largest absolute Gasteiger partial charge is 0.497 e. The van der Waals surface area contributed by atoms with Crippen LogP contribution in [0, 0.1) is 13.8 Å². The fourth-order valence-electron chi connectivity index (χ4n) is 2.82. The molecule has 0 aliphatic carbocycles. The second-order valence-electron chi connectivity index (χ2n) is 5.66. The Labute approximate surface area is 144 Å². The second kappa shape index (κ2) is 6.13. The lowest BCUT2D eigenvalue weighted by Gasteiger charge is -2.12. The third-order valence-electron chi connectivity index (χ3n) is 4.01. The van der Waals surface area contributed by atoms with Crippen LogP contribution in [0.4, 0.5) is 0 Å². The maximum Gasteiger partial charge on any atom is 0.336 e. The quantitative estimate of drug-likeness (QED) is 0.737. The van der Waals surface area contributed by atoms with Crippen LogP contribution in [0.15, 0.2) is 36.4 Å². The van der Waals surface area contributed by atoms with Crippen molar-refractivity contribution in [3.8, 4) is 17.0 Å². The number of halogens is 1. The monoisotopic (exact) mass is 341 g/mol. The second-order valence-corrected chi connectivity index (χ2v) is 6.10. The maximum absolute atomic E-state index is 11.7. The van der Waals surface area contributed by atoms with Gasteiger partial charge in [0.1, 0.15) is 5.75 Å². The average molecular weight is 342 g/mol. The lowest BCUT2D eigenvalue weighted by atomic mass is 9.99. The van der Waals surface area contributed by atoms with E-state index in [4.69, 9.17) is 16.3 Å². The van der Waals surface area contributed by atoms with Gasteiger partial charge in [-0.1, -0.05) is 11.6 Å². The van der Waals surface area contributed by atoms with Crippen LogP contribution in [0.2, 0.25) is 5.02 Å². The van der Waals surface area contributed by atoms with Gasteiger partial charge in [0, 0.05) is 16.0 Å². The number of nitrogens with zero attached hydrogens (tertiary/aromatic N) is 1. The predicted octanol–water partition coefficient (Wildman–Crippen LogP) is 4.88. The molecule has 0 fully saturated rings. The zero-order chi connectivity index (χ0) is 17.4. The minimum Gasteiger partial charge on any atom is -0.497 e. The molecule has 24 heavy (non-hydrogen) atoms. The summed E-state index contributed by atoms with van der Waals surface area (Å²) < 4.78 is 5.22. The number of aromatic carboxylic acids is 1. The highest BCUT2D eigenvalue weighted by Gasteiger charge is 2.16. The number of ether oxygens (including phenoxy) is 1. The lowest BCUT2D eigenvalue weighted by molar-refractivity contribution is 0.0699. The summed E-state index contributed by atoms with van der Waals surface area (Å²) in [6.07, 6.45) is 0. The van der Waals surface area contributed by atoms with Crippen LogP contribution in [-0.2, 0) is 0 Å². The molecule has 0 bridgehead atoms. The summed E-state index contributed by atoms with van der Waals surface area (Å²) in [5.74, 6) is -0.255. The molecule has 0 radical (unpaired) electrons. The van der Waals surface area contributed by atoms with Crippen molar-refractivity contribution in [1.29, 1.82) is 0 Å². The molecule has 3 rings (SSSR count). The van der Waals surface area contributed by atoms with E-state index in [0.717, 1.165) is 22.4 Å². The smallest absolute Gasteiger partial charge is 0.336 e. The average Bonchev–Trinajstić information content (AvgIpc) is 2.53. The van der Waals surface area contributed by atoms with Gasteiger partial charge in [-0.3, -0.25) is 0 Å². The van der Waals surface area contributed by atoms with Crippen molar-refractivity contribution < 1.29 is 14.6 Å². The van der Waals surface area contributed by atoms with E-state index in [-0.39, 0.29) is 5.56 Å². The molecule has 0 saturated heterocycles. The Bertz CT molecular complexity index is 966. The van der Waals surface area contributed by atoms with Crippen LogP contribution in [0.5, 0.6) is 5.75 Å². The number of benzene rings is 2. The Balaban J connectivity index is 2.32. The topological polar surface area (TPSA) is 59.4 Å². The first-order chi connectivity index (χ1) is 11.4. The number of hydrogen-bond acceptors (Lipinski definition) is 3. The van der Waals surface area contributed by atoms with E-state index >= 15 is 0 Å². The Morgan fingerprint density at radius 3 is 2.50 bits per heavy atom. The molecule has 0 unspecified atom stereocenters. The third-order valence-corrected chi connectivity index (χ3v) is 4.23. The van der Waals surface area contributed by atoms with Gasteiger partial charge in [-0.15, -0.1) is 0 Å². The van der Waals surface area contributed by atoms with Gasteiger partial charge in [0.25, 0.3) is 0 Å². The standard InChI is InChI=1S/C19H16ClNO3/c1-10-7-13(24-3)4-5-14(10)17-9-16(19(22)23)15-8-12(20)6-11(2)18(15)21-17/h4-9H,1-3H3,(H,22,23). The number of carbonyl (C=O) groups is 1. The van der Waals surface area contributed by atoms with Gasteiger partial charge in [-0.25, -0.2) is 9.78 Å². The molecule has 0 saturated carbocycles. The lowest BCUT2D eigenvalue weighted by Crippen LogP contribution is -2.02. The molecule has 0 amide bonds. The fourth-order valence-corrected chi connectivity index (χ4v) is 3.09. The van der Waals surface area contributed by atoms with E-state index in [1.807, 2.05) is 32.0 Å². The van der Waals surface area contributed by atoms with Crippen LogP contribution in [0.1, 0.15) is 21.5 Å². The minimum absolute atomic E-state index is 0.191. The summed E-state index contributed by atoms with van der Waals surface area (Å²) in [6.45, 7) is 3.82. The number of methoxy groups -OCH3 is 1. The summed E-state index contributed by atoms with van der Waals surface area (Å²) >= 11 is 6.08. The molecule has 3 aromatic rings. The van der Waals surface area contributed by atoms with E-state index in [0.29, 0.717) is 21.6 Å². The van der Waals surface area contributed by atoms with Crippen LogP contribution in [0.3, 0.4) is 0 Å². The van der Waals surface area contributed by atoms with Crippen LogP contribution >= 0.6 is 11.6 Å². The number of pyridine rings is 1. The minimum atomic E-state index is -1.00. The van der Waals surface area contributed by atoms with Crippen LogP contribution < -0.4 is 4.74 Å². The van der Waals surface area contributed by atoms with E-state index in [1.54, 1.807) is 25.3 Å². The van der Waals surface area contributed by atoms with Crippen LogP contribution in [-0.4, -0.2) is 23.2 Å². The number of aromatic nitrogens is 1. The first-order valence-corrected chi connectivity index (χ1v) is 7.77. The summed E-state index contributed by atoms with van der Waals surface area (Å²) in [5, 5.41) is 10.6. The van der Waals surface area contributed by atoms with Gasteiger partial charge in [0.15, 0.2) is 0 Å². The highest BCUT2D eigenvalue weighted by Crippen LogP contribution is 2.31. The van der Waals surface area contributed by atoms with Crippen molar-refractivity contribution in [2.24, 2.45) is 0 Å². The molecule has 0 atom stereocenters. The van der Waals surface area contributed by atoms with E-state index < -0.39 is 5.97 Å². The fraction of sp³-hybridized carbons (Fsp3) is 0.158. The highest BCUT2D eigenvalue weighted by atomic mass is 35.5. The van der Waals surface area contributed by atoms with Crippen LogP contribution in [0.25, 0.3) is 22.2 Å². The molecule has 0 spiro atoms. The van der Waals surface area contributed by atoms with Gasteiger partial charge >= 0.3 is 5.97 Å². The van der Waals surface area contributed by atoms with Gasteiger partial charge in [-0.05, 0) is 61.4 Å². The molecular weight excluding hydrogens is 326 g/mol. The Morgan fingerprint density at radius 1 is 1.12 bits per heavy atom. The Hall–Kier alpha value is -2.59. The maximum atomic E-state index is 11.7. The van der Waals surface area contributed by atoms with Crippen molar-refractivity contribution in [2.45, 2.75) is 13.8 Å². The molecule has 0 aliphatic heterocycles. The number of hydrogen-bond donors (Lipinski definition) is 1. The number of rotatable bonds is 3. The van der Waals surface area contributed by atoms with Gasteiger partial charge in [0.2, 0.25) is 0 Å². The van der Waals surface area contributed by atoms with Gasteiger partial charge in [-0.2, -0.15) is 0 Å². The molecule has 4 nitrogen and oxygen atoms in total. The van der Waals surface area contributed by atoms with E-state index in [1.165, 1.54) is 0 Å². The Kier molecular flexibility index (Phi) is 4.16. The predicted molar refractivity (Wildman–Crippen MR) is 95.2 cm³/mol. The summed E-state index contributed by atoms with van der Waals surface area (Å²) in [6, 6.07) is 10.6. The van der Waals surface area contributed by atoms with Crippen molar-refractivity contribution in [3.63, 3.8) is 0 Å². The molecule has 122 valence electrons. The number of fused-ring (bicyclic) bond motifs is 1. The summed E-state index contributed by atoms with van der Waals surface area (Å²) in [4.78, 5) is 16.4. The molecule has 0 aliphatic rings. The van der Waals surface area contributed by atoms with Crippen molar-refractivity contribution in [2.75, 3.05) is 7.11 Å². The molecule has 1 heterocycles. The molecule has 2 aromatic carbocycles. The zero-order valence-corrected chi connectivity index (χ0v) is 14.3. The van der Waals surface area contributed by atoms with Crippen molar-refractivity contribution in [3.05, 3.63) is 58.1 Å². The number of carboxylic acid groups (broad SMARTS) is 1. The zero-order valence-electron chi connectivity index (χ0n) is 13.6. The first-order valence-electron chi connectivity index (χ1n) is 7.40. The number of carboxylic acids is 1. The Morgan fingerprint density at radius 2 is 1.88 bits per heavy atom. The van der Waals surface area contributed by atoms with E-state index in [2.05, 4.69) is 4.98 Å². The molecule has 1 N–H and O–H groups in total. The first kappa shape index (κ1) is 16.3. The van der Waals surface area contributed by atoms with E-state index in [9.17, 15) is 9.90 Å². The third kappa shape index (κ3) is 2.81. The summed E-state index contributed by atoms with van der Waals surface area (Å²) in [5.41, 5.74) is 4.12. The SMILES string of the molecule is COc1ccc(-c2cc(C(=O)O)c3cc(Cl)cc(C)c3n2)c(C)c1. The number of aryl methyl sites for hydroxylation is 2.